The number of aliphatic imine (C=N–C) groups is 1. The van der Waals surface area contributed by atoms with Gasteiger partial charge >= 0.3 is 0 Å². The number of carbonyl (C=O) groups is 1. The zero-order valence-corrected chi connectivity index (χ0v) is 21.3. The Bertz CT molecular complexity index is 750. The predicted molar refractivity (Wildman–Crippen MR) is 139 cm³/mol. The van der Waals surface area contributed by atoms with Gasteiger partial charge in [-0.05, 0) is 38.5 Å². The number of rotatable bonds is 7. The van der Waals surface area contributed by atoms with E-state index in [0.717, 1.165) is 51.8 Å². The maximum absolute atomic E-state index is 12.0. The number of benzene rings is 1. The molecule has 2 aliphatic heterocycles. The molecular weight excluding hydrogens is 503 g/mol. The van der Waals surface area contributed by atoms with Crippen LogP contribution in [0, 0.1) is 0 Å². The van der Waals surface area contributed by atoms with Crippen molar-refractivity contribution in [1.29, 1.82) is 0 Å². The first-order valence-corrected chi connectivity index (χ1v) is 11.1. The van der Waals surface area contributed by atoms with E-state index in [0.29, 0.717) is 13.1 Å². The number of carbonyl (C=O) groups excluding carboxylic acids is 1. The second kappa shape index (κ2) is 12.9. The topological polar surface area (TPSA) is 63.2 Å². The summed E-state index contributed by atoms with van der Waals surface area (Å²) in [5, 5.41) is 6.40. The van der Waals surface area contributed by atoms with Gasteiger partial charge in [-0.15, -0.1) is 24.0 Å². The minimum absolute atomic E-state index is 0. The molecule has 0 atom stereocenters. The summed E-state index contributed by atoms with van der Waals surface area (Å²) in [5.74, 6) is 1.06. The van der Waals surface area contributed by atoms with E-state index >= 15 is 0 Å². The zero-order valence-electron chi connectivity index (χ0n) is 19.0. The largest absolute Gasteiger partial charge is 0.364 e. The van der Waals surface area contributed by atoms with Crippen molar-refractivity contribution >= 4 is 41.5 Å². The molecule has 0 aliphatic carbocycles. The van der Waals surface area contributed by atoms with E-state index in [1.807, 2.05) is 13.8 Å². The van der Waals surface area contributed by atoms with Crippen LogP contribution < -0.4 is 15.5 Å². The Morgan fingerprint density at radius 1 is 1.13 bits per heavy atom. The monoisotopic (exact) mass is 540 g/mol. The summed E-state index contributed by atoms with van der Waals surface area (Å²) in [6.07, 6.45) is 4.42. The van der Waals surface area contributed by atoms with Crippen LogP contribution in [0.1, 0.15) is 26.3 Å². The highest BCUT2D eigenvalue weighted by Gasteiger charge is 2.21. The van der Waals surface area contributed by atoms with Crippen LogP contribution in [0.4, 0.5) is 5.69 Å². The van der Waals surface area contributed by atoms with E-state index in [1.54, 1.807) is 0 Å². The summed E-state index contributed by atoms with van der Waals surface area (Å²) in [6.45, 7) is 13.5. The number of anilines is 1. The van der Waals surface area contributed by atoms with Crippen LogP contribution in [0.3, 0.4) is 0 Å². The first kappa shape index (κ1) is 25.5. The van der Waals surface area contributed by atoms with Crippen molar-refractivity contribution in [2.75, 3.05) is 57.3 Å². The van der Waals surface area contributed by atoms with Gasteiger partial charge in [0.25, 0.3) is 0 Å². The number of guanidine groups is 1. The van der Waals surface area contributed by atoms with Crippen LogP contribution in [0.25, 0.3) is 0 Å². The van der Waals surface area contributed by atoms with Gasteiger partial charge in [-0.3, -0.25) is 9.69 Å². The van der Waals surface area contributed by atoms with Crippen molar-refractivity contribution < 1.29 is 4.79 Å². The summed E-state index contributed by atoms with van der Waals surface area (Å²) < 4.78 is 0. The number of hydrogen-bond donors (Lipinski definition) is 2. The SMILES string of the molecule is CCNC(=NCc1cccc(N2CC=CC2)c1)N1CCN(CC(=O)NC(C)C)CC1.I. The molecule has 0 bridgehead atoms. The van der Waals surface area contributed by atoms with Crippen molar-refractivity contribution in [3.63, 3.8) is 0 Å². The Morgan fingerprint density at radius 2 is 1.84 bits per heavy atom. The molecule has 3 rings (SSSR count). The molecule has 1 saturated heterocycles. The third-order valence-electron chi connectivity index (χ3n) is 5.33. The summed E-state index contributed by atoms with van der Waals surface area (Å²) in [6, 6.07) is 8.86. The molecule has 0 radical (unpaired) electrons. The van der Waals surface area contributed by atoms with Gasteiger partial charge in [0.15, 0.2) is 5.96 Å². The number of hydrogen-bond acceptors (Lipinski definition) is 4. The van der Waals surface area contributed by atoms with Gasteiger partial charge in [0.2, 0.25) is 5.91 Å². The molecule has 1 fully saturated rings. The highest BCUT2D eigenvalue weighted by molar-refractivity contribution is 14.0. The summed E-state index contributed by atoms with van der Waals surface area (Å²) in [4.78, 5) is 23.8. The Balaban J connectivity index is 0.00000341. The number of halogens is 1. The Kier molecular flexibility index (Phi) is 10.6. The Morgan fingerprint density at radius 3 is 2.48 bits per heavy atom. The van der Waals surface area contributed by atoms with E-state index in [-0.39, 0.29) is 35.9 Å². The lowest BCUT2D eigenvalue weighted by molar-refractivity contribution is -0.123. The van der Waals surface area contributed by atoms with Crippen LogP contribution in [-0.4, -0.2) is 80.1 Å². The van der Waals surface area contributed by atoms with Crippen molar-refractivity contribution in [3.05, 3.63) is 42.0 Å². The highest BCUT2D eigenvalue weighted by Crippen LogP contribution is 2.19. The molecule has 7 nitrogen and oxygen atoms in total. The smallest absolute Gasteiger partial charge is 0.234 e. The van der Waals surface area contributed by atoms with Crippen molar-refractivity contribution in [2.24, 2.45) is 4.99 Å². The van der Waals surface area contributed by atoms with Gasteiger partial charge in [-0.2, -0.15) is 0 Å². The number of nitrogens with one attached hydrogen (secondary N) is 2. The molecule has 1 aromatic rings. The van der Waals surface area contributed by atoms with Gasteiger partial charge in [0, 0.05) is 57.5 Å². The van der Waals surface area contributed by atoms with Crippen LogP contribution >= 0.6 is 24.0 Å². The molecule has 1 amide bonds. The third kappa shape index (κ3) is 7.99. The molecule has 2 heterocycles. The van der Waals surface area contributed by atoms with Crippen molar-refractivity contribution in [1.82, 2.24) is 20.4 Å². The van der Waals surface area contributed by atoms with E-state index in [4.69, 9.17) is 4.99 Å². The molecule has 2 aliphatic rings. The maximum Gasteiger partial charge on any atom is 0.234 e. The molecule has 0 aromatic heterocycles. The first-order chi connectivity index (χ1) is 14.5. The minimum Gasteiger partial charge on any atom is -0.364 e. The van der Waals surface area contributed by atoms with Gasteiger partial charge in [-0.25, -0.2) is 4.99 Å². The van der Waals surface area contributed by atoms with Gasteiger partial charge < -0.3 is 20.4 Å². The van der Waals surface area contributed by atoms with Gasteiger partial charge in [0.1, 0.15) is 0 Å². The molecule has 8 heteroatoms. The molecule has 0 saturated carbocycles. The quantitative estimate of drug-likeness (QED) is 0.241. The summed E-state index contributed by atoms with van der Waals surface area (Å²) in [5.41, 5.74) is 2.48. The van der Waals surface area contributed by atoms with E-state index in [9.17, 15) is 4.79 Å². The molecule has 0 spiro atoms. The van der Waals surface area contributed by atoms with E-state index in [1.165, 1.54) is 11.3 Å². The minimum atomic E-state index is 0. The second-order valence-electron chi connectivity index (χ2n) is 8.20. The fourth-order valence-electron chi connectivity index (χ4n) is 3.82. The van der Waals surface area contributed by atoms with E-state index in [2.05, 4.69) is 68.7 Å². The van der Waals surface area contributed by atoms with Gasteiger partial charge in [0.05, 0.1) is 13.1 Å². The van der Waals surface area contributed by atoms with Crippen LogP contribution in [0.5, 0.6) is 0 Å². The fourth-order valence-corrected chi connectivity index (χ4v) is 3.82. The second-order valence-corrected chi connectivity index (χ2v) is 8.20. The fraction of sp³-hybridized carbons (Fsp3) is 0.565. The van der Waals surface area contributed by atoms with Crippen LogP contribution in [0.15, 0.2) is 41.4 Å². The lowest BCUT2D eigenvalue weighted by atomic mass is 10.2. The number of nitrogens with zero attached hydrogens (tertiary/aromatic N) is 4. The average Bonchev–Trinajstić information content (AvgIpc) is 3.26. The zero-order chi connectivity index (χ0) is 21.3. The van der Waals surface area contributed by atoms with Crippen LogP contribution in [0.2, 0.25) is 0 Å². The summed E-state index contributed by atoms with van der Waals surface area (Å²) in [7, 11) is 0. The van der Waals surface area contributed by atoms with Crippen LogP contribution in [-0.2, 0) is 11.3 Å². The molecular formula is C23H37IN6O. The number of amides is 1. The molecule has 172 valence electrons. The normalized spacial score (nSPS) is 17.1. The lowest BCUT2D eigenvalue weighted by Gasteiger charge is -2.36. The Labute approximate surface area is 204 Å². The predicted octanol–water partition coefficient (Wildman–Crippen LogP) is 2.29. The highest BCUT2D eigenvalue weighted by atomic mass is 127. The number of piperazine rings is 1. The first-order valence-electron chi connectivity index (χ1n) is 11.1. The molecule has 31 heavy (non-hydrogen) atoms. The standard InChI is InChI=1S/C23H36N6O.HI/c1-4-24-23(29-14-12-27(13-15-29)18-22(30)26-19(2)3)25-17-20-8-7-9-21(16-20)28-10-5-6-11-28;/h5-9,16,19H,4,10-15,17-18H2,1-3H3,(H,24,25)(H,26,30);1H. The lowest BCUT2D eigenvalue weighted by Crippen LogP contribution is -2.54. The molecule has 1 aromatic carbocycles. The van der Waals surface area contributed by atoms with Crippen molar-refractivity contribution in [3.8, 4) is 0 Å². The summed E-state index contributed by atoms with van der Waals surface area (Å²) >= 11 is 0. The Hall–Kier alpha value is -1.81. The molecule has 2 N–H and O–H groups in total. The average molecular weight is 540 g/mol. The molecule has 0 unspecified atom stereocenters. The third-order valence-corrected chi connectivity index (χ3v) is 5.33. The maximum atomic E-state index is 12.0. The van der Waals surface area contributed by atoms with Gasteiger partial charge in [-0.1, -0.05) is 24.3 Å². The van der Waals surface area contributed by atoms with E-state index < -0.39 is 0 Å². The van der Waals surface area contributed by atoms with Crippen molar-refractivity contribution in [2.45, 2.75) is 33.4 Å².